The van der Waals surface area contributed by atoms with E-state index in [1.54, 1.807) is 12.3 Å². The van der Waals surface area contributed by atoms with E-state index in [0.29, 0.717) is 5.69 Å². The van der Waals surface area contributed by atoms with Gasteiger partial charge in [0.2, 0.25) is 0 Å². The lowest BCUT2D eigenvalue weighted by atomic mass is 10.1. The van der Waals surface area contributed by atoms with Crippen LogP contribution in [0.1, 0.15) is 36.6 Å². The number of rotatable bonds is 4. The largest absolute Gasteiger partial charge is 0.341 e. The summed E-state index contributed by atoms with van der Waals surface area (Å²) in [6.45, 7) is 5.78. The van der Waals surface area contributed by atoms with E-state index in [-0.39, 0.29) is 6.04 Å². The third-order valence-electron chi connectivity index (χ3n) is 3.73. The van der Waals surface area contributed by atoms with Crippen LogP contribution >= 0.6 is 0 Å². The number of anilines is 1. The van der Waals surface area contributed by atoms with Crippen LogP contribution in [0.4, 0.5) is 5.69 Å². The molecular formula is C18H21N3O2. The van der Waals surface area contributed by atoms with Crippen molar-refractivity contribution >= 4 is 17.5 Å². The zero-order valence-electron chi connectivity index (χ0n) is 13.6. The summed E-state index contributed by atoms with van der Waals surface area (Å²) in [5.74, 6) is -1.36. The standard InChI is InChI=1S/C18H21N3O2/c1-4-14-5-7-15(8-6-14)13(3)20-17(22)18(23)21-16-11-19-10-9-12(16)2/h5-11,13H,4H2,1-3H3,(H,20,22)(H,21,23). The second-order valence-electron chi connectivity index (χ2n) is 5.44. The Kier molecular flexibility index (Phi) is 5.46. The van der Waals surface area contributed by atoms with Crippen LogP contribution in [0.15, 0.2) is 42.7 Å². The second-order valence-corrected chi connectivity index (χ2v) is 5.44. The molecule has 0 radical (unpaired) electrons. The Morgan fingerprint density at radius 3 is 2.43 bits per heavy atom. The molecule has 0 aliphatic rings. The van der Waals surface area contributed by atoms with E-state index in [2.05, 4.69) is 22.5 Å². The van der Waals surface area contributed by atoms with Crippen LogP contribution in [-0.2, 0) is 16.0 Å². The van der Waals surface area contributed by atoms with Gasteiger partial charge in [-0.2, -0.15) is 0 Å². The van der Waals surface area contributed by atoms with Crippen LogP contribution in [0, 0.1) is 6.92 Å². The number of aromatic nitrogens is 1. The van der Waals surface area contributed by atoms with Gasteiger partial charge in [-0.25, -0.2) is 0 Å². The van der Waals surface area contributed by atoms with E-state index in [1.807, 2.05) is 38.1 Å². The highest BCUT2D eigenvalue weighted by Gasteiger charge is 2.17. The first-order valence-electron chi connectivity index (χ1n) is 7.62. The average Bonchev–Trinajstić information content (AvgIpc) is 2.56. The molecule has 5 nitrogen and oxygen atoms in total. The van der Waals surface area contributed by atoms with Gasteiger partial charge in [-0.15, -0.1) is 0 Å². The molecule has 0 saturated carbocycles. The molecule has 120 valence electrons. The fourth-order valence-corrected chi connectivity index (χ4v) is 2.16. The van der Waals surface area contributed by atoms with Gasteiger partial charge in [-0.1, -0.05) is 31.2 Å². The summed E-state index contributed by atoms with van der Waals surface area (Å²) in [4.78, 5) is 27.9. The maximum atomic E-state index is 12.0. The number of amides is 2. The molecule has 0 aliphatic carbocycles. The van der Waals surface area contributed by atoms with Gasteiger partial charge in [-0.05, 0) is 43.0 Å². The Bertz CT molecular complexity index is 696. The Balaban J connectivity index is 1.97. The second kappa shape index (κ2) is 7.54. The molecule has 0 saturated heterocycles. The Morgan fingerprint density at radius 2 is 1.83 bits per heavy atom. The molecular weight excluding hydrogens is 290 g/mol. The molecule has 1 atom stereocenters. The number of aryl methyl sites for hydroxylation is 2. The minimum atomic E-state index is -0.696. The fraction of sp³-hybridized carbons (Fsp3) is 0.278. The maximum Gasteiger partial charge on any atom is 0.313 e. The zero-order chi connectivity index (χ0) is 16.8. The van der Waals surface area contributed by atoms with Gasteiger partial charge in [0, 0.05) is 6.20 Å². The lowest BCUT2D eigenvalue weighted by Crippen LogP contribution is -2.37. The number of hydrogen-bond donors (Lipinski definition) is 2. The molecule has 2 rings (SSSR count). The highest BCUT2D eigenvalue weighted by Crippen LogP contribution is 2.14. The van der Waals surface area contributed by atoms with Gasteiger partial charge < -0.3 is 10.6 Å². The summed E-state index contributed by atoms with van der Waals surface area (Å²) in [5, 5.41) is 5.27. The molecule has 1 unspecified atom stereocenters. The minimum Gasteiger partial charge on any atom is -0.341 e. The highest BCUT2D eigenvalue weighted by atomic mass is 16.2. The van der Waals surface area contributed by atoms with Gasteiger partial charge in [0.15, 0.2) is 0 Å². The molecule has 5 heteroatoms. The summed E-state index contributed by atoms with van der Waals surface area (Å²) >= 11 is 0. The Morgan fingerprint density at radius 1 is 1.13 bits per heavy atom. The van der Waals surface area contributed by atoms with Crippen molar-refractivity contribution in [3.8, 4) is 0 Å². The van der Waals surface area contributed by atoms with Crippen molar-refractivity contribution in [3.05, 3.63) is 59.4 Å². The molecule has 1 aromatic carbocycles. The quantitative estimate of drug-likeness (QED) is 0.853. The van der Waals surface area contributed by atoms with Gasteiger partial charge in [0.05, 0.1) is 17.9 Å². The van der Waals surface area contributed by atoms with Crippen LogP contribution in [0.5, 0.6) is 0 Å². The first-order valence-corrected chi connectivity index (χ1v) is 7.62. The number of carbonyl (C=O) groups is 2. The molecule has 0 fully saturated rings. The number of benzene rings is 1. The Hall–Kier alpha value is -2.69. The molecule has 1 heterocycles. The number of carbonyl (C=O) groups excluding carboxylic acids is 2. The lowest BCUT2D eigenvalue weighted by Gasteiger charge is -2.15. The predicted molar refractivity (Wildman–Crippen MR) is 90.0 cm³/mol. The summed E-state index contributed by atoms with van der Waals surface area (Å²) in [6.07, 6.45) is 4.12. The van der Waals surface area contributed by atoms with Crippen molar-refractivity contribution in [3.63, 3.8) is 0 Å². The molecule has 1 aromatic heterocycles. The number of nitrogens with one attached hydrogen (secondary N) is 2. The zero-order valence-corrected chi connectivity index (χ0v) is 13.6. The number of hydrogen-bond acceptors (Lipinski definition) is 3. The molecule has 2 aromatic rings. The summed E-state index contributed by atoms with van der Waals surface area (Å²) in [7, 11) is 0. The smallest absolute Gasteiger partial charge is 0.313 e. The predicted octanol–water partition coefficient (Wildman–Crippen LogP) is 2.77. The molecule has 23 heavy (non-hydrogen) atoms. The van der Waals surface area contributed by atoms with E-state index in [0.717, 1.165) is 17.5 Å². The first kappa shape index (κ1) is 16.7. The maximum absolute atomic E-state index is 12.0. The average molecular weight is 311 g/mol. The van der Waals surface area contributed by atoms with Crippen molar-refractivity contribution < 1.29 is 9.59 Å². The molecule has 0 bridgehead atoms. The molecule has 0 spiro atoms. The van der Waals surface area contributed by atoms with Gasteiger partial charge in [0.25, 0.3) is 0 Å². The van der Waals surface area contributed by atoms with Crippen molar-refractivity contribution in [1.82, 2.24) is 10.3 Å². The van der Waals surface area contributed by atoms with E-state index in [9.17, 15) is 9.59 Å². The molecule has 0 aliphatic heterocycles. The summed E-state index contributed by atoms with van der Waals surface area (Å²) in [5.41, 5.74) is 3.58. The number of pyridine rings is 1. The van der Waals surface area contributed by atoms with E-state index in [4.69, 9.17) is 0 Å². The van der Waals surface area contributed by atoms with Gasteiger partial charge in [0.1, 0.15) is 0 Å². The Labute approximate surface area is 136 Å². The van der Waals surface area contributed by atoms with Gasteiger partial charge in [-0.3, -0.25) is 14.6 Å². The van der Waals surface area contributed by atoms with Crippen molar-refractivity contribution in [1.29, 1.82) is 0 Å². The SMILES string of the molecule is CCc1ccc(C(C)NC(=O)C(=O)Nc2cnccc2C)cc1. The summed E-state index contributed by atoms with van der Waals surface area (Å²) in [6, 6.07) is 9.51. The van der Waals surface area contributed by atoms with E-state index < -0.39 is 11.8 Å². The normalized spacial score (nSPS) is 11.6. The number of nitrogens with zero attached hydrogens (tertiary/aromatic N) is 1. The first-order chi connectivity index (χ1) is 11.0. The molecule has 2 N–H and O–H groups in total. The van der Waals surface area contributed by atoms with E-state index in [1.165, 1.54) is 11.8 Å². The highest BCUT2D eigenvalue weighted by molar-refractivity contribution is 6.39. The third kappa shape index (κ3) is 4.39. The molecule has 2 amide bonds. The minimum absolute atomic E-state index is 0.242. The van der Waals surface area contributed by atoms with E-state index >= 15 is 0 Å². The van der Waals surface area contributed by atoms with Crippen molar-refractivity contribution in [2.75, 3.05) is 5.32 Å². The third-order valence-corrected chi connectivity index (χ3v) is 3.73. The topological polar surface area (TPSA) is 71.1 Å². The van der Waals surface area contributed by atoms with Crippen LogP contribution in [-0.4, -0.2) is 16.8 Å². The monoisotopic (exact) mass is 311 g/mol. The van der Waals surface area contributed by atoms with Crippen molar-refractivity contribution in [2.24, 2.45) is 0 Å². The fourth-order valence-electron chi connectivity index (χ4n) is 2.16. The van der Waals surface area contributed by atoms with Crippen molar-refractivity contribution in [2.45, 2.75) is 33.2 Å². The van der Waals surface area contributed by atoms with Crippen LogP contribution in [0.2, 0.25) is 0 Å². The van der Waals surface area contributed by atoms with Crippen LogP contribution in [0.25, 0.3) is 0 Å². The van der Waals surface area contributed by atoms with Crippen LogP contribution < -0.4 is 10.6 Å². The summed E-state index contributed by atoms with van der Waals surface area (Å²) < 4.78 is 0. The van der Waals surface area contributed by atoms with Gasteiger partial charge >= 0.3 is 11.8 Å². The lowest BCUT2D eigenvalue weighted by molar-refractivity contribution is -0.136. The van der Waals surface area contributed by atoms with Crippen LogP contribution in [0.3, 0.4) is 0 Å².